The van der Waals surface area contributed by atoms with Crippen LogP contribution in [0.15, 0.2) is 0 Å². The van der Waals surface area contributed by atoms with Crippen LogP contribution in [-0.4, -0.2) is 18.8 Å². The number of hydrogen-bond donors (Lipinski definition) is 1. The number of aliphatic hydroxyl groups is 1. The number of rotatable bonds is 1. The van der Waals surface area contributed by atoms with Crippen molar-refractivity contribution >= 4 is 0 Å². The predicted molar refractivity (Wildman–Crippen MR) is 29.7 cm³/mol. The van der Waals surface area contributed by atoms with Crippen molar-refractivity contribution in [2.24, 2.45) is 0 Å². The Morgan fingerprint density at radius 1 is 1.62 bits per heavy atom. The van der Waals surface area contributed by atoms with Gasteiger partial charge in [-0.05, 0) is 13.5 Å². The summed E-state index contributed by atoms with van der Waals surface area (Å²) in [7, 11) is 4.50. The Balaban J connectivity index is -0.0000000575. The molecule has 0 saturated carbocycles. The summed E-state index contributed by atoms with van der Waals surface area (Å²) in [5.74, 6) is 0. The van der Waals surface area contributed by atoms with Crippen molar-refractivity contribution in [2.75, 3.05) is 13.7 Å². The van der Waals surface area contributed by atoms with Gasteiger partial charge in [0.2, 0.25) is 0 Å². The van der Waals surface area contributed by atoms with Crippen LogP contribution in [0.2, 0.25) is 0 Å². The first-order chi connectivity index (χ1) is 3.33. The van der Waals surface area contributed by atoms with Gasteiger partial charge in [0.15, 0.2) is 0 Å². The SMILES string of the molecule is CCCO.[CH2-]OC.[Ti]. The molecule has 0 aliphatic carbocycles. The molecular weight excluding hydrogens is 140 g/mol. The summed E-state index contributed by atoms with van der Waals surface area (Å²) in [5.41, 5.74) is 0. The number of aliphatic hydroxyl groups excluding tert-OH is 1. The van der Waals surface area contributed by atoms with Crippen LogP contribution in [0, 0.1) is 7.11 Å². The van der Waals surface area contributed by atoms with Gasteiger partial charge in [0.25, 0.3) is 0 Å². The van der Waals surface area contributed by atoms with E-state index in [1.807, 2.05) is 6.92 Å². The zero-order chi connectivity index (χ0) is 6.12. The average Bonchev–Trinajstić information content (AvgIpc) is 1.69. The quantitative estimate of drug-likeness (QED) is 0.446. The molecule has 0 aromatic heterocycles. The molecule has 3 heteroatoms. The van der Waals surface area contributed by atoms with Crippen LogP contribution in [0.25, 0.3) is 0 Å². The van der Waals surface area contributed by atoms with Crippen molar-refractivity contribution in [1.82, 2.24) is 0 Å². The molecule has 0 spiro atoms. The molecule has 0 aliphatic heterocycles. The van der Waals surface area contributed by atoms with Gasteiger partial charge in [-0.25, -0.2) is 7.11 Å². The average molecular weight is 153 g/mol. The molecule has 2 nitrogen and oxygen atoms in total. The molecule has 0 atom stereocenters. The molecule has 50 valence electrons. The second kappa shape index (κ2) is 25.4. The minimum atomic E-state index is 0. The van der Waals surface area contributed by atoms with E-state index in [0.717, 1.165) is 6.42 Å². The molecule has 0 aromatic rings. The molecule has 0 heterocycles. The topological polar surface area (TPSA) is 29.5 Å². The summed E-state index contributed by atoms with van der Waals surface area (Å²) in [6.07, 6.45) is 0.875. The van der Waals surface area contributed by atoms with Crippen LogP contribution in [0.5, 0.6) is 0 Å². The van der Waals surface area contributed by atoms with E-state index in [1.165, 1.54) is 7.11 Å². The Morgan fingerprint density at radius 3 is 1.75 bits per heavy atom. The predicted octanol–water partition coefficient (Wildman–Crippen LogP) is 0.811. The molecule has 0 rings (SSSR count). The molecule has 0 unspecified atom stereocenters. The first kappa shape index (κ1) is 15.9. The smallest absolute Gasteiger partial charge is 0.0428 e. The van der Waals surface area contributed by atoms with E-state index in [1.54, 1.807) is 0 Å². The molecule has 0 bridgehead atoms. The van der Waals surface area contributed by atoms with Gasteiger partial charge in [0.05, 0.1) is 0 Å². The van der Waals surface area contributed by atoms with Crippen LogP contribution < -0.4 is 0 Å². The van der Waals surface area contributed by atoms with Crippen molar-refractivity contribution in [3.05, 3.63) is 7.11 Å². The Labute approximate surface area is 66.1 Å². The zero-order valence-corrected chi connectivity index (χ0v) is 7.04. The zero-order valence-electron chi connectivity index (χ0n) is 5.48. The minimum Gasteiger partial charge on any atom is -0.557 e. The second-order valence-electron chi connectivity index (χ2n) is 1.01. The van der Waals surface area contributed by atoms with Crippen molar-refractivity contribution in [3.8, 4) is 0 Å². The number of ether oxygens (including phenoxy) is 1. The van der Waals surface area contributed by atoms with E-state index in [-0.39, 0.29) is 21.7 Å². The van der Waals surface area contributed by atoms with Gasteiger partial charge in [0, 0.05) is 28.3 Å². The first-order valence-electron chi connectivity index (χ1n) is 2.22. The van der Waals surface area contributed by atoms with Gasteiger partial charge in [-0.3, -0.25) is 0 Å². The Bertz CT molecular complexity index is 17.9. The standard InChI is InChI=1S/C3H8O.C2H5O.Ti/c1-2-3-4;1-3-2;/h4H,2-3H2,1H3;1H2,2H3;/q;-1;. The third-order valence-corrected chi connectivity index (χ3v) is 0.224. The molecule has 8 heavy (non-hydrogen) atoms. The van der Waals surface area contributed by atoms with Gasteiger partial charge in [0.1, 0.15) is 0 Å². The normalized spacial score (nSPS) is 6.00. The van der Waals surface area contributed by atoms with E-state index in [2.05, 4.69) is 11.8 Å². The summed E-state index contributed by atoms with van der Waals surface area (Å²) >= 11 is 0. The first-order valence-corrected chi connectivity index (χ1v) is 2.22. The summed E-state index contributed by atoms with van der Waals surface area (Å²) in [6, 6.07) is 0. The third kappa shape index (κ3) is 78.9. The van der Waals surface area contributed by atoms with Gasteiger partial charge in [-0.2, -0.15) is 0 Å². The van der Waals surface area contributed by atoms with Crippen LogP contribution >= 0.6 is 0 Å². The summed E-state index contributed by atoms with van der Waals surface area (Å²) in [5, 5.41) is 7.88. The maximum atomic E-state index is 7.88. The molecule has 0 amide bonds. The van der Waals surface area contributed by atoms with Crippen LogP contribution in [0.4, 0.5) is 0 Å². The monoisotopic (exact) mass is 153 g/mol. The van der Waals surface area contributed by atoms with Crippen LogP contribution in [0.1, 0.15) is 13.3 Å². The maximum absolute atomic E-state index is 7.88. The summed E-state index contributed by atoms with van der Waals surface area (Å²) < 4.78 is 4.00. The minimum absolute atomic E-state index is 0. The Morgan fingerprint density at radius 2 is 1.75 bits per heavy atom. The van der Waals surface area contributed by atoms with Crippen molar-refractivity contribution in [2.45, 2.75) is 13.3 Å². The van der Waals surface area contributed by atoms with E-state index in [9.17, 15) is 0 Å². The van der Waals surface area contributed by atoms with E-state index in [4.69, 9.17) is 5.11 Å². The van der Waals surface area contributed by atoms with Crippen molar-refractivity contribution < 1.29 is 31.6 Å². The number of methoxy groups -OCH3 is 1. The van der Waals surface area contributed by atoms with Crippen LogP contribution in [-0.2, 0) is 26.5 Å². The van der Waals surface area contributed by atoms with E-state index >= 15 is 0 Å². The maximum Gasteiger partial charge on any atom is 0.0428 e. The Hall–Kier alpha value is 0.634. The van der Waals surface area contributed by atoms with Gasteiger partial charge in [-0.1, -0.05) is 6.92 Å². The summed E-state index contributed by atoms with van der Waals surface area (Å²) in [4.78, 5) is 0. The molecule has 0 fully saturated rings. The fourth-order valence-electron chi connectivity index (χ4n) is 0. The molecule has 0 aliphatic rings. The molecule has 0 radical (unpaired) electrons. The largest absolute Gasteiger partial charge is 0.557 e. The fourth-order valence-corrected chi connectivity index (χ4v) is 0. The van der Waals surface area contributed by atoms with Gasteiger partial charge in [-0.15, -0.1) is 0 Å². The molecule has 0 saturated heterocycles. The van der Waals surface area contributed by atoms with Gasteiger partial charge >= 0.3 is 0 Å². The van der Waals surface area contributed by atoms with Crippen molar-refractivity contribution in [3.63, 3.8) is 0 Å². The van der Waals surface area contributed by atoms with E-state index in [0.29, 0.717) is 6.61 Å². The van der Waals surface area contributed by atoms with Crippen molar-refractivity contribution in [1.29, 1.82) is 0 Å². The Kier molecular flexibility index (Phi) is 50.4. The number of hydrogen-bond acceptors (Lipinski definition) is 2. The summed E-state index contributed by atoms with van der Waals surface area (Å²) in [6.45, 7) is 2.25. The van der Waals surface area contributed by atoms with E-state index < -0.39 is 0 Å². The van der Waals surface area contributed by atoms with Crippen LogP contribution in [0.3, 0.4) is 0 Å². The third-order valence-electron chi connectivity index (χ3n) is 0.224. The fraction of sp³-hybridized carbons (Fsp3) is 0.800. The molecular formula is C5H13O2Ti-. The van der Waals surface area contributed by atoms with Gasteiger partial charge < -0.3 is 9.84 Å². The molecule has 0 aromatic carbocycles. The second-order valence-corrected chi connectivity index (χ2v) is 1.01. The molecule has 1 N–H and O–H groups in total.